The summed E-state index contributed by atoms with van der Waals surface area (Å²) >= 11 is 6.14. The summed E-state index contributed by atoms with van der Waals surface area (Å²) in [5.74, 6) is 0.646. The molecule has 0 aliphatic rings. The molecule has 0 saturated heterocycles. The van der Waals surface area contributed by atoms with Gasteiger partial charge in [-0.25, -0.2) is 8.42 Å². The fourth-order valence-corrected chi connectivity index (χ4v) is 4.77. The lowest BCUT2D eigenvalue weighted by atomic mass is 10.1. The van der Waals surface area contributed by atoms with Gasteiger partial charge in [0.15, 0.2) is 0 Å². The molecule has 0 bridgehead atoms. The van der Waals surface area contributed by atoms with Crippen molar-refractivity contribution in [2.75, 3.05) is 30.8 Å². The van der Waals surface area contributed by atoms with Crippen molar-refractivity contribution >= 4 is 44.0 Å². The van der Waals surface area contributed by atoms with Gasteiger partial charge in [0.25, 0.3) is 0 Å². The molecular formula is C23H25ClN2O5S. The van der Waals surface area contributed by atoms with Gasteiger partial charge in [-0.05, 0) is 48.0 Å². The van der Waals surface area contributed by atoms with Crippen LogP contribution in [0.5, 0.6) is 11.5 Å². The molecule has 0 heterocycles. The van der Waals surface area contributed by atoms with Crippen molar-refractivity contribution in [1.29, 1.82) is 0 Å². The maximum atomic E-state index is 12.7. The highest BCUT2D eigenvalue weighted by atomic mass is 35.5. The van der Waals surface area contributed by atoms with Crippen LogP contribution in [0.25, 0.3) is 10.8 Å². The van der Waals surface area contributed by atoms with E-state index in [0.29, 0.717) is 11.5 Å². The van der Waals surface area contributed by atoms with Crippen molar-refractivity contribution in [1.82, 2.24) is 5.32 Å². The van der Waals surface area contributed by atoms with E-state index in [-0.39, 0.29) is 23.9 Å². The summed E-state index contributed by atoms with van der Waals surface area (Å²) in [6.45, 7) is 1.97. The summed E-state index contributed by atoms with van der Waals surface area (Å²) in [6, 6.07) is 17.3. The fourth-order valence-electron chi connectivity index (χ4n) is 3.35. The van der Waals surface area contributed by atoms with E-state index >= 15 is 0 Å². The van der Waals surface area contributed by atoms with Crippen molar-refractivity contribution in [3.63, 3.8) is 0 Å². The fraction of sp³-hybridized carbons (Fsp3) is 0.261. The van der Waals surface area contributed by atoms with Crippen LogP contribution in [-0.4, -0.2) is 46.9 Å². The van der Waals surface area contributed by atoms with Crippen LogP contribution in [0.3, 0.4) is 0 Å². The molecule has 32 heavy (non-hydrogen) atoms. The second-order valence-electron chi connectivity index (χ2n) is 7.20. The Morgan fingerprint density at radius 1 is 1.09 bits per heavy atom. The van der Waals surface area contributed by atoms with Gasteiger partial charge in [-0.2, -0.15) is 0 Å². The number of ether oxygens (including phenoxy) is 2. The topological polar surface area (TPSA) is 84.9 Å². The zero-order valence-electron chi connectivity index (χ0n) is 18.0. The van der Waals surface area contributed by atoms with E-state index in [1.54, 1.807) is 12.1 Å². The molecular weight excluding hydrogens is 452 g/mol. The van der Waals surface area contributed by atoms with Gasteiger partial charge in [-0.3, -0.25) is 9.10 Å². The molecule has 9 heteroatoms. The summed E-state index contributed by atoms with van der Waals surface area (Å²) in [4.78, 5) is 12.7. The molecule has 0 fully saturated rings. The standard InChI is InChI=1S/C23H25ClN2O5S/c1-16(26(32(3,28)29)19-9-11-22(30-2)21(24)15-19)23(27)25-12-13-31-20-10-8-17-6-4-5-7-18(17)14-20/h4-11,14-16H,12-13H2,1-3H3,(H,25,27)/t16-/m1/s1. The van der Waals surface area contributed by atoms with E-state index in [4.69, 9.17) is 21.1 Å². The first-order valence-corrected chi connectivity index (χ1v) is 12.2. The minimum atomic E-state index is -3.75. The second kappa shape index (κ2) is 10.1. The number of halogens is 1. The van der Waals surface area contributed by atoms with E-state index < -0.39 is 22.0 Å². The van der Waals surface area contributed by atoms with Gasteiger partial charge in [0.1, 0.15) is 24.1 Å². The van der Waals surface area contributed by atoms with E-state index in [0.717, 1.165) is 21.3 Å². The molecule has 0 aliphatic carbocycles. The van der Waals surface area contributed by atoms with Crippen LogP contribution in [0.1, 0.15) is 6.92 Å². The SMILES string of the molecule is COc1ccc(N([C@H](C)C(=O)NCCOc2ccc3ccccc3c2)S(C)(=O)=O)cc1Cl. The second-order valence-corrected chi connectivity index (χ2v) is 9.47. The summed E-state index contributed by atoms with van der Waals surface area (Å²) in [7, 11) is -2.29. The summed E-state index contributed by atoms with van der Waals surface area (Å²) < 4.78 is 36.7. The third-order valence-corrected chi connectivity index (χ3v) is 6.41. The number of sulfonamides is 1. The molecule has 0 aliphatic heterocycles. The van der Waals surface area contributed by atoms with E-state index in [1.165, 1.54) is 20.1 Å². The van der Waals surface area contributed by atoms with Gasteiger partial charge >= 0.3 is 0 Å². The van der Waals surface area contributed by atoms with Crippen LogP contribution in [-0.2, 0) is 14.8 Å². The highest BCUT2D eigenvalue weighted by Gasteiger charge is 2.29. The van der Waals surface area contributed by atoms with E-state index in [1.807, 2.05) is 42.5 Å². The first-order valence-electron chi connectivity index (χ1n) is 9.93. The maximum absolute atomic E-state index is 12.7. The predicted octanol–water partition coefficient (Wildman–Crippen LogP) is 3.85. The number of fused-ring (bicyclic) bond motifs is 1. The number of anilines is 1. The summed E-state index contributed by atoms with van der Waals surface area (Å²) in [5, 5.41) is 5.14. The number of hydrogen-bond acceptors (Lipinski definition) is 5. The van der Waals surface area contributed by atoms with Gasteiger partial charge in [0.05, 0.1) is 30.6 Å². The minimum Gasteiger partial charge on any atom is -0.495 e. The first kappa shape index (κ1) is 23.7. The van der Waals surface area contributed by atoms with Crippen molar-refractivity contribution < 1.29 is 22.7 Å². The number of benzene rings is 3. The Kier molecular flexibility index (Phi) is 7.48. The zero-order chi connectivity index (χ0) is 23.3. The van der Waals surface area contributed by atoms with Crippen molar-refractivity contribution in [3.05, 3.63) is 65.7 Å². The highest BCUT2D eigenvalue weighted by molar-refractivity contribution is 7.92. The number of carbonyl (C=O) groups is 1. The molecule has 0 unspecified atom stereocenters. The van der Waals surface area contributed by atoms with Crippen LogP contribution in [0, 0.1) is 0 Å². The van der Waals surface area contributed by atoms with Crippen LogP contribution in [0.2, 0.25) is 5.02 Å². The summed E-state index contributed by atoms with van der Waals surface area (Å²) in [5.41, 5.74) is 0.272. The monoisotopic (exact) mass is 476 g/mol. The quantitative estimate of drug-likeness (QED) is 0.474. The molecule has 1 amide bonds. The molecule has 170 valence electrons. The molecule has 0 radical (unpaired) electrons. The molecule has 0 saturated carbocycles. The number of amides is 1. The Hall–Kier alpha value is -2.97. The van der Waals surface area contributed by atoms with E-state index in [9.17, 15) is 13.2 Å². The van der Waals surface area contributed by atoms with Gasteiger partial charge in [0.2, 0.25) is 15.9 Å². The number of nitrogens with zero attached hydrogens (tertiary/aromatic N) is 1. The van der Waals surface area contributed by atoms with Crippen LogP contribution < -0.4 is 19.1 Å². The average molecular weight is 477 g/mol. The number of methoxy groups -OCH3 is 1. The van der Waals surface area contributed by atoms with Gasteiger partial charge in [0, 0.05) is 0 Å². The number of carbonyl (C=O) groups excluding carboxylic acids is 1. The molecule has 1 atom stereocenters. The molecule has 0 spiro atoms. The van der Waals surface area contributed by atoms with Gasteiger partial charge in [-0.15, -0.1) is 0 Å². The number of rotatable bonds is 9. The summed E-state index contributed by atoms with van der Waals surface area (Å²) in [6.07, 6.45) is 1.04. The lowest BCUT2D eigenvalue weighted by Crippen LogP contribution is -2.48. The first-order chi connectivity index (χ1) is 15.2. The number of nitrogens with one attached hydrogen (secondary N) is 1. The molecule has 3 aromatic carbocycles. The maximum Gasteiger partial charge on any atom is 0.243 e. The van der Waals surface area contributed by atoms with Crippen molar-refractivity contribution in [2.45, 2.75) is 13.0 Å². The lowest BCUT2D eigenvalue weighted by molar-refractivity contribution is -0.121. The van der Waals surface area contributed by atoms with Crippen LogP contribution >= 0.6 is 11.6 Å². The third-order valence-electron chi connectivity index (χ3n) is 4.87. The third kappa shape index (κ3) is 5.63. The van der Waals surface area contributed by atoms with Crippen LogP contribution in [0.15, 0.2) is 60.7 Å². The molecule has 0 aromatic heterocycles. The van der Waals surface area contributed by atoms with Crippen LogP contribution in [0.4, 0.5) is 5.69 Å². The van der Waals surface area contributed by atoms with Gasteiger partial charge < -0.3 is 14.8 Å². The molecule has 3 aromatic rings. The Balaban J connectivity index is 1.62. The lowest BCUT2D eigenvalue weighted by Gasteiger charge is -2.28. The Labute approximate surface area is 192 Å². The van der Waals surface area contributed by atoms with E-state index in [2.05, 4.69) is 5.32 Å². The zero-order valence-corrected chi connectivity index (χ0v) is 19.6. The smallest absolute Gasteiger partial charge is 0.243 e. The number of hydrogen-bond donors (Lipinski definition) is 1. The Bertz CT molecular complexity index is 1220. The minimum absolute atomic E-state index is 0.219. The Morgan fingerprint density at radius 2 is 1.81 bits per heavy atom. The molecule has 3 rings (SSSR count). The highest BCUT2D eigenvalue weighted by Crippen LogP contribution is 2.31. The normalized spacial score (nSPS) is 12.2. The Morgan fingerprint density at radius 3 is 2.47 bits per heavy atom. The van der Waals surface area contributed by atoms with Gasteiger partial charge in [-0.1, -0.05) is 41.9 Å². The predicted molar refractivity (Wildman–Crippen MR) is 127 cm³/mol. The van der Waals surface area contributed by atoms with Crippen molar-refractivity contribution in [2.24, 2.45) is 0 Å². The average Bonchev–Trinajstić information content (AvgIpc) is 2.75. The van der Waals surface area contributed by atoms with Crippen molar-refractivity contribution in [3.8, 4) is 11.5 Å². The molecule has 1 N–H and O–H groups in total. The largest absolute Gasteiger partial charge is 0.495 e. The molecule has 7 nitrogen and oxygen atoms in total.